The van der Waals surface area contributed by atoms with Crippen molar-refractivity contribution >= 4 is 33.2 Å². The molecule has 0 fully saturated rings. The fraction of sp³-hybridized carbons (Fsp3) is 0.417. The van der Waals surface area contributed by atoms with Crippen LogP contribution in [0.5, 0.6) is 0 Å². The van der Waals surface area contributed by atoms with Gasteiger partial charge in [-0.3, -0.25) is 9.78 Å². The van der Waals surface area contributed by atoms with Gasteiger partial charge < -0.3 is 10.5 Å². The molecular weight excluding hydrogens is 314 g/mol. The third kappa shape index (κ3) is 5.74. The second-order valence-electron chi connectivity index (χ2n) is 4.05. The molecule has 9 heteroatoms. The van der Waals surface area contributed by atoms with E-state index in [1.54, 1.807) is 6.92 Å². The number of nitrogens with two attached hydrogens (primary N) is 1. The van der Waals surface area contributed by atoms with Crippen LogP contribution in [0.2, 0.25) is 0 Å². The molecule has 0 atom stereocenters. The van der Waals surface area contributed by atoms with Gasteiger partial charge in [-0.1, -0.05) is 12.2 Å². The lowest BCUT2D eigenvalue weighted by Crippen LogP contribution is -2.25. The predicted octanol–water partition coefficient (Wildman–Crippen LogP) is 0.337. The van der Waals surface area contributed by atoms with Gasteiger partial charge in [-0.2, -0.15) is 0 Å². The summed E-state index contributed by atoms with van der Waals surface area (Å²) >= 11 is 4.74. The Balaban J connectivity index is 2.53. The highest BCUT2D eigenvalue weighted by Gasteiger charge is 2.14. The maximum Gasteiger partial charge on any atom is 0.305 e. The summed E-state index contributed by atoms with van der Waals surface area (Å²) in [4.78, 5) is 15.1. The summed E-state index contributed by atoms with van der Waals surface area (Å²) < 4.78 is 31.0. The summed E-state index contributed by atoms with van der Waals surface area (Å²) in [5, 5.41) is 0. The minimum atomic E-state index is -3.66. The summed E-state index contributed by atoms with van der Waals surface area (Å²) in [5.74, 6) is -0.348. The van der Waals surface area contributed by atoms with E-state index in [1.165, 1.54) is 18.3 Å². The van der Waals surface area contributed by atoms with E-state index >= 15 is 0 Å². The molecule has 1 aromatic heterocycles. The lowest BCUT2D eigenvalue weighted by atomic mass is 10.3. The second kappa shape index (κ2) is 8.01. The quantitative estimate of drug-likeness (QED) is 0.401. The molecule has 0 unspecified atom stereocenters. The molecule has 3 N–H and O–H groups in total. The van der Waals surface area contributed by atoms with Crippen LogP contribution in [-0.4, -0.2) is 37.5 Å². The van der Waals surface area contributed by atoms with Crippen LogP contribution >= 0.6 is 12.2 Å². The van der Waals surface area contributed by atoms with E-state index in [2.05, 4.69) is 9.71 Å². The molecule has 0 aliphatic rings. The molecule has 0 aliphatic heterocycles. The number of hydrogen-bond acceptors (Lipinski definition) is 6. The molecule has 21 heavy (non-hydrogen) atoms. The summed E-state index contributed by atoms with van der Waals surface area (Å²) in [5.41, 5.74) is 5.74. The van der Waals surface area contributed by atoms with E-state index in [1.807, 2.05) is 0 Å². The Kier molecular flexibility index (Phi) is 6.66. The average Bonchev–Trinajstić information content (AvgIpc) is 2.44. The number of ether oxygens (including phenoxy) is 1. The number of carbonyl (C=O) groups is 1. The normalized spacial score (nSPS) is 11.1. The van der Waals surface area contributed by atoms with Crippen molar-refractivity contribution < 1.29 is 17.9 Å². The molecule has 0 aliphatic carbocycles. The van der Waals surface area contributed by atoms with Crippen LogP contribution < -0.4 is 10.5 Å². The van der Waals surface area contributed by atoms with Crippen molar-refractivity contribution in [2.75, 3.05) is 13.2 Å². The fourth-order valence-electron chi connectivity index (χ4n) is 1.44. The van der Waals surface area contributed by atoms with Gasteiger partial charge in [0.15, 0.2) is 0 Å². The molecule has 116 valence electrons. The number of nitrogens with one attached hydrogen (secondary N) is 1. The lowest BCUT2D eigenvalue weighted by Gasteiger charge is -2.07. The molecule has 0 spiro atoms. The number of carbonyl (C=O) groups excluding carboxylic acids is 1. The molecule has 0 radical (unpaired) electrons. The van der Waals surface area contributed by atoms with Crippen molar-refractivity contribution in [3.63, 3.8) is 0 Å². The first-order valence-corrected chi connectivity index (χ1v) is 8.17. The van der Waals surface area contributed by atoms with Gasteiger partial charge in [0.2, 0.25) is 10.0 Å². The largest absolute Gasteiger partial charge is 0.466 e. The second-order valence-corrected chi connectivity index (χ2v) is 6.26. The van der Waals surface area contributed by atoms with E-state index in [4.69, 9.17) is 22.7 Å². The summed E-state index contributed by atoms with van der Waals surface area (Å²) in [7, 11) is -3.66. The standard InChI is InChI=1S/C12H17N3O4S2/c1-2-19-11(16)4-3-7-15-21(17,18)9-5-6-10(12(13)20)14-8-9/h5-6,8,15H,2-4,7H2,1H3,(H2,13,20). The van der Waals surface area contributed by atoms with Gasteiger partial charge in [0.1, 0.15) is 9.88 Å². The van der Waals surface area contributed by atoms with Crippen molar-refractivity contribution in [1.82, 2.24) is 9.71 Å². The molecule has 0 bridgehead atoms. The van der Waals surface area contributed by atoms with E-state index in [-0.39, 0.29) is 28.8 Å². The Bertz CT molecular complexity index is 599. The Morgan fingerprint density at radius 2 is 2.19 bits per heavy atom. The average molecular weight is 331 g/mol. The first-order chi connectivity index (χ1) is 9.86. The number of hydrogen-bond donors (Lipinski definition) is 2. The molecule has 7 nitrogen and oxygen atoms in total. The lowest BCUT2D eigenvalue weighted by molar-refractivity contribution is -0.143. The van der Waals surface area contributed by atoms with Gasteiger partial charge in [-0.25, -0.2) is 13.1 Å². The van der Waals surface area contributed by atoms with Gasteiger partial charge in [-0.05, 0) is 25.5 Å². The molecule has 1 heterocycles. The topological polar surface area (TPSA) is 111 Å². The zero-order chi connectivity index (χ0) is 15.9. The van der Waals surface area contributed by atoms with E-state index in [0.29, 0.717) is 18.7 Å². The number of sulfonamides is 1. The molecule has 0 saturated carbocycles. The zero-order valence-electron chi connectivity index (χ0n) is 11.5. The molecule has 0 saturated heterocycles. The first-order valence-electron chi connectivity index (χ1n) is 6.28. The third-order valence-electron chi connectivity index (χ3n) is 2.45. The van der Waals surface area contributed by atoms with E-state index < -0.39 is 10.0 Å². The zero-order valence-corrected chi connectivity index (χ0v) is 13.2. The highest BCUT2D eigenvalue weighted by atomic mass is 32.2. The third-order valence-corrected chi connectivity index (χ3v) is 4.11. The highest BCUT2D eigenvalue weighted by molar-refractivity contribution is 7.89. The predicted molar refractivity (Wildman–Crippen MR) is 81.2 cm³/mol. The number of thiocarbonyl (C=S) groups is 1. The fourth-order valence-corrected chi connectivity index (χ4v) is 2.58. The van der Waals surface area contributed by atoms with Crippen molar-refractivity contribution in [2.45, 2.75) is 24.7 Å². The van der Waals surface area contributed by atoms with Gasteiger partial charge >= 0.3 is 5.97 Å². The number of rotatable bonds is 8. The Morgan fingerprint density at radius 3 is 2.71 bits per heavy atom. The maximum atomic E-state index is 12.0. The SMILES string of the molecule is CCOC(=O)CCCNS(=O)(=O)c1ccc(C(N)=S)nc1. The minimum absolute atomic E-state index is 0.0126. The van der Waals surface area contributed by atoms with Gasteiger partial charge in [0.05, 0.1) is 12.3 Å². The highest BCUT2D eigenvalue weighted by Crippen LogP contribution is 2.08. The number of pyridine rings is 1. The summed E-state index contributed by atoms with van der Waals surface area (Å²) in [6.45, 7) is 2.16. The van der Waals surface area contributed by atoms with Gasteiger partial charge in [0.25, 0.3) is 0 Å². The molecule has 1 rings (SSSR count). The molecular formula is C12H17N3O4S2. The molecule has 1 aromatic rings. The van der Waals surface area contributed by atoms with Crippen LogP contribution in [0.3, 0.4) is 0 Å². The molecule has 0 aromatic carbocycles. The summed E-state index contributed by atoms with van der Waals surface area (Å²) in [6.07, 6.45) is 1.70. The van der Waals surface area contributed by atoms with Crippen LogP contribution in [0.4, 0.5) is 0 Å². The van der Waals surface area contributed by atoms with Gasteiger partial charge in [-0.15, -0.1) is 0 Å². The van der Waals surface area contributed by atoms with E-state index in [9.17, 15) is 13.2 Å². The smallest absolute Gasteiger partial charge is 0.305 e. The first kappa shape index (κ1) is 17.5. The summed E-state index contributed by atoms with van der Waals surface area (Å²) in [6, 6.07) is 2.81. The van der Waals surface area contributed by atoms with Crippen LogP contribution in [-0.2, 0) is 19.6 Å². The van der Waals surface area contributed by atoms with Crippen molar-refractivity contribution in [3.05, 3.63) is 24.0 Å². The van der Waals surface area contributed by atoms with Crippen molar-refractivity contribution in [3.8, 4) is 0 Å². The van der Waals surface area contributed by atoms with Crippen LogP contribution in [0.15, 0.2) is 23.2 Å². The Morgan fingerprint density at radius 1 is 1.48 bits per heavy atom. The van der Waals surface area contributed by atoms with E-state index in [0.717, 1.165) is 0 Å². The van der Waals surface area contributed by atoms with Crippen molar-refractivity contribution in [1.29, 1.82) is 0 Å². The van der Waals surface area contributed by atoms with Crippen LogP contribution in [0, 0.1) is 0 Å². The molecule has 0 amide bonds. The number of nitrogens with zero attached hydrogens (tertiary/aromatic N) is 1. The number of aromatic nitrogens is 1. The monoisotopic (exact) mass is 331 g/mol. The maximum absolute atomic E-state index is 12.0. The van der Waals surface area contributed by atoms with Crippen molar-refractivity contribution in [2.24, 2.45) is 5.73 Å². The van der Waals surface area contributed by atoms with Crippen LogP contribution in [0.1, 0.15) is 25.5 Å². The van der Waals surface area contributed by atoms with Crippen LogP contribution in [0.25, 0.3) is 0 Å². The van der Waals surface area contributed by atoms with Gasteiger partial charge in [0, 0.05) is 19.2 Å². The number of esters is 1. The Labute approximate surface area is 128 Å². The Hall–Kier alpha value is -1.58. The minimum Gasteiger partial charge on any atom is -0.466 e.